The summed E-state index contributed by atoms with van der Waals surface area (Å²) in [4.78, 5) is 14.3. The lowest BCUT2D eigenvalue weighted by Crippen LogP contribution is -2.66. The smallest absolute Gasteiger partial charge is 0.256 e. The molecule has 1 aromatic carbocycles. The first-order valence-electron chi connectivity index (χ1n) is 5.59. The molecular weight excluding hydrogens is 304 g/mol. The fourth-order valence-corrected chi connectivity index (χ4v) is 3.49. The van der Waals surface area contributed by atoms with Gasteiger partial charge in [-0.05, 0) is 31.4 Å². The second-order valence-electron chi connectivity index (χ2n) is 4.68. The topological polar surface area (TPSA) is 32.3 Å². The number of nitrogens with one attached hydrogen (secondary N) is 1. The minimum Gasteiger partial charge on any atom is -0.351 e. The van der Waals surface area contributed by atoms with Crippen molar-refractivity contribution in [2.45, 2.75) is 24.9 Å². The Labute approximate surface area is 113 Å². The summed E-state index contributed by atoms with van der Waals surface area (Å²) in [5, 5.41) is 3.58. The zero-order valence-corrected chi connectivity index (χ0v) is 11.7. The van der Waals surface area contributed by atoms with Crippen molar-refractivity contribution >= 4 is 39.1 Å². The van der Waals surface area contributed by atoms with Gasteiger partial charge in [0.1, 0.15) is 5.66 Å². The molecule has 1 heterocycles. The molecule has 0 radical (unpaired) electrons. The van der Waals surface area contributed by atoms with Crippen molar-refractivity contribution in [2.24, 2.45) is 0 Å². The number of hydrogen-bond donors (Lipinski definition) is 1. The molecule has 1 amide bonds. The number of nitrogens with zero attached hydrogens (tertiary/aromatic N) is 1. The molecule has 2 aliphatic rings. The number of hydrogen-bond acceptors (Lipinski definition) is 2. The Kier molecular flexibility index (Phi) is 2.42. The van der Waals surface area contributed by atoms with E-state index in [2.05, 4.69) is 26.1 Å². The molecule has 0 aromatic heterocycles. The van der Waals surface area contributed by atoms with Gasteiger partial charge in [0, 0.05) is 11.5 Å². The van der Waals surface area contributed by atoms with Crippen molar-refractivity contribution < 1.29 is 4.79 Å². The molecule has 1 aromatic rings. The normalized spacial score (nSPS) is 20.9. The van der Waals surface area contributed by atoms with Crippen LogP contribution >= 0.6 is 27.5 Å². The highest BCUT2D eigenvalue weighted by Gasteiger charge is 2.47. The van der Waals surface area contributed by atoms with Crippen LogP contribution in [0.2, 0.25) is 5.02 Å². The largest absolute Gasteiger partial charge is 0.351 e. The van der Waals surface area contributed by atoms with Crippen LogP contribution in [0.4, 0.5) is 5.69 Å². The van der Waals surface area contributed by atoms with Crippen LogP contribution in [0.1, 0.15) is 29.6 Å². The molecule has 0 saturated heterocycles. The van der Waals surface area contributed by atoms with Crippen molar-refractivity contribution in [3.8, 4) is 0 Å². The van der Waals surface area contributed by atoms with Gasteiger partial charge in [-0.25, -0.2) is 0 Å². The van der Waals surface area contributed by atoms with Gasteiger partial charge in [-0.3, -0.25) is 4.79 Å². The molecule has 3 nitrogen and oxygen atoms in total. The highest BCUT2D eigenvalue weighted by atomic mass is 79.9. The molecular formula is C12H12BrClN2O. The molecule has 1 spiro atoms. The molecule has 1 fully saturated rings. The summed E-state index contributed by atoms with van der Waals surface area (Å²) >= 11 is 9.57. The summed E-state index contributed by atoms with van der Waals surface area (Å²) in [5.41, 5.74) is 1.30. The van der Waals surface area contributed by atoms with Crippen LogP contribution in [-0.2, 0) is 0 Å². The fourth-order valence-electron chi connectivity index (χ4n) is 2.61. The predicted octanol–water partition coefficient (Wildman–Crippen LogP) is 3.16. The Balaban J connectivity index is 2.18. The third-order valence-electron chi connectivity index (χ3n) is 3.79. The lowest BCUT2D eigenvalue weighted by Gasteiger charge is -2.53. The predicted molar refractivity (Wildman–Crippen MR) is 71.6 cm³/mol. The third kappa shape index (κ3) is 1.50. The average molecular weight is 316 g/mol. The van der Waals surface area contributed by atoms with E-state index in [4.69, 9.17) is 11.6 Å². The molecule has 17 heavy (non-hydrogen) atoms. The van der Waals surface area contributed by atoms with Crippen LogP contribution in [0.25, 0.3) is 0 Å². The van der Waals surface area contributed by atoms with Gasteiger partial charge in [-0.1, -0.05) is 27.5 Å². The summed E-state index contributed by atoms with van der Waals surface area (Å²) in [6.07, 6.45) is 3.15. The van der Waals surface area contributed by atoms with Crippen LogP contribution in [-0.4, -0.2) is 18.6 Å². The average Bonchev–Trinajstić information content (AvgIpc) is 2.19. The van der Waals surface area contributed by atoms with Gasteiger partial charge < -0.3 is 10.2 Å². The van der Waals surface area contributed by atoms with Gasteiger partial charge in [0.05, 0.1) is 16.3 Å². The maximum atomic E-state index is 12.1. The molecule has 90 valence electrons. The molecule has 0 bridgehead atoms. The second kappa shape index (κ2) is 3.62. The van der Waals surface area contributed by atoms with Crippen molar-refractivity contribution in [3.63, 3.8) is 0 Å². The number of benzene rings is 1. The summed E-state index contributed by atoms with van der Waals surface area (Å²) in [6.45, 7) is 0. The van der Waals surface area contributed by atoms with Crippen LogP contribution in [0.3, 0.4) is 0 Å². The molecule has 1 aliphatic carbocycles. The van der Waals surface area contributed by atoms with E-state index in [1.807, 2.05) is 13.1 Å². The maximum Gasteiger partial charge on any atom is 0.256 e. The first-order chi connectivity index (χ1) is 8.03. The number of carbonyl (C=O) groups excluding carboxylic acids is 1. The number of carbonyl (C=O) groups is 1. The summed E-state index contributed by atoms with van der Waals surface area (Å²) in [7, 11) is 2.01. The Morgan fingerprint density at radius 3 is 2.76 bits per heavy atom. The number of amides is 1. The van der Waals surface area contributed by atoms with Crippen molar-refractivity contribution in [1.82, 2.24) is 5.32 Å². The molecule has 1 saturated carbocycles. The Morgan fingerprint density at radius 1 is 1.47 bits per heavy atom. The van der Waals surface area contributed by atoms with E-state index in [1.54, 1.807) is 6.07 Å². The van der Waals surface area contributed by atoms with Crippen molar-refractivity contribution in [1.29, 1.82) is 0 Å². The van der Waals surface area contributed by atoms with Crippen molar-refractivity contribution in [2.75, 3.05) is 11.9 Å². The SMILES string of the molecule is CN1c2cc(Br)cc(Cl)c2C(=O)NC12CCC2. The number of anilines is 1. The summed E-state index contributed by atoms with van der Waals surface area (Å²) in [5.74, 6) is -0.0599. The Bertz CT molecular complexity index is 513. The third-order valence-corrected chi connectivity index (χ3v) is 4.55. The fraction of sp³-hybridized carbons (Fsp3) is 0.417. The van der Waals surface area contributed by atoms with Gasteiger partial charge in [0.15, 0.2) is 0 Å². The van der Waals surface area contributed by atoms with Gasteiger partial charge >= 0.3 is 0 Å². The zero-order valence-electron chi connectivity index (χ0n) is 9.39. The molecule has 1 aliphatic heterocycles. The second-order valence-corrected chi connectivity index (χ2v) is 6.00. The van der Waals surface area contributed by atoms with E-state index in [0.29, 0.717) is 10.6 Å². The van der Waals surface area contributed by atoms with E-state index in [-0.39, 0.29) is 11.6 Å². The quantitative estimate of drug-likeness (QED) is 0.797. The number of rotatable bonds is 0. The highest BCUT2D eigenvalue weighted by Crippen LogP contribution is 2.44. The van der Waals surface area contributed by atoms with E-state index in [0.717, 1.165) is 29.4 Å². The summed E-state index contributed by atoms with van der Waals surface area (Å²) < 4.78 is 0.900. The molecule has 0 unspecified atom stereocenters. The standard InChI is InChI=1S/C12H12BrClN2O/c1-16-9-6-7(13)5-8(14)10(9)11(17)15-12(16)3-2-4-12/h5-6H,2-4H2,1H3,(H,15,17). The molecule has 0 atom stereocenters. The number of fused-ring (bicyclic) bond motifs is 1. The van der Waals surface area contributed by atoms with Gasteiger partial charge in [0.2, 0.25) is 0 Å². The van der Waals surface area contributed by atoms with E-state index < -0.39 is 0 Å². The van der Waals surface area contributed by atoms with Crippen LogP contribution in [0, 0.1) is 0 Å². The highest BCUT2D eigenvalue weighted by molar-refractivity contribution is 9.10. The first-order valence-corrected chi connectivity index (χ1v) is 6.76. The van der Waals surface area contributed by atoms with Gasteiger partial charge in [0.25, 0.3) is 5.91 Å². The Morgan fingerprint density at radius 2 is 2.18 bits per heavy atom. The molecule has 5 heteroatoms. The lowest BCUT2D eigenvalue weighted by molar-refractivity contribution is 0.0803. The van der Waals surface area contributed by atoms with Crippen molar-refractivity contribution in [3.05, 3.63) is 27.2 Å². The van der Waals surface area contributed by atoms with Gasteiger partial charge in [-0.2, -0.15) is 0 Å². The van der Waals surface area contributed by atoms with Crippen LogP contribution in [0.5, 0.6) is 0 Å². The summed E-state index contributed by atoms with van der Waals surface area (Å²) in [6, 6.07) is 3.71. The van der Waals surface area contributed by atoms with E-state index in [1.165, 1.54) is 0 Å². The van der Waals surface area contributed by atoms with Crippen LogP contribution < -0.4 is 10.2 Å². The molecule has 3 rings (SSSR count). The zero-order chi connectivity index (χ0) is 12.2. The van der Waals surface area contributed by atoms with E-state index >= 15 is 0 Å². The number of halogens is 2. The van der Waals surface area contributed by atoms with E-state index in [9.17, 15) is 4.79 Å². The first kappa shape index (κ1) is 11.4. The van der Waals surface area contributed by atoms with Gasteiger partial charge in [-0.15, -0.1) is 0 Å². The van der Waals surface area contributed by atoms with Crippen LogP contribution in [0.15, 0.2) is 16.6 Å². The molecule has 1 N–H and O–H groups in total. The minimum absolute atomic E-state index is 0.0599. The maximum absolute atomic E-state index is 12.1. The minimum atomic E-state index is -0.186. The Hall–Kier alpha value is -0.740. The monoisotopic (exact) mass is 314 g/mol. The lowest BCUT2D eigenvalue weighted by atomic mass is 9.81.